The number of nitrogens with one attached hydrogen (secondary N) is 5. The van der Waals surface area contributed by atoms with Crippen molar-refractivity contribution in [3.05, 3.63) is 71.8 Å². The van der Waals surface area contributed by atoms with Crippen LogP contribution in [0.5, 0.6) is 0 Å². The minimum Gasteiger partial charge on any atom is -0.480 e. The highest BCUT2D eigenvalue weighted by atomic mass is 16.4. The molecule has 2 aromatic rings. The fourth-order valence-corrected chi connectivity index (χ4v) is 7.01. The van der Waals surface area contributed by atoms with E-state index in [4.69, 9.17) is 17.2 Å². The Kier molecular flexibility index (Phi) is 25.8. The number of primary amides is 3. The zero-order chi connectivity index (χ0) is 48.1. The Bertz CT molecular complexity index is 1850. The Morgan fingerprint density at radius 2 is 0.831 bits per heavy atom. The lowest BCUT2D eigenvalue weighted by atomic mass is 10.0. The van der Waals surface area contributed by atoms with Crippen LogP contribution < -0.4 is 43.8 Å². The zero-order valence-corrected chi connectivity index (χ0v) is 37.3. The van der Waals surface area contributed by atoms with E-state index < -0.39 is 102 Å². The van der Waals surface area contributed by atoms with Crippen molar-refractivity contribution in [1.82, 2.24) is 26.6 Å². The molecule has 0 aliphatic heterocycles. The van der Waals surface area contributed by atoms with Crippen LogP contribution in [-0.4, -0.2) is 99.8 Å². The molecule has 19 heteroatoms. The number of carboxylic acids is 1. The average molecular weight is 909 g/mol. The third-order valence-corrected chi connectivity index (χ3v) is 10.6. The number of aliphatic carboxylic acids is 1. The second-order valence-electron chi connectivity index (χ2n) is 16.3. The summed E-state index contributed by atoms with van der Waals surface area (Å²) in [5, 5.41) is 32.2. The molecule has 0 saturated heterocycles. The number of carbonyl (C=O) groups is 9. The summed E-state index contributed by atoms with van der Waals surface area (Å²) >= 11 is 0. The predicted octanol–water partition coefficient (Wildman–Crippen LogP) is 1.06. The fraction of sp³-hybridized carbons (Fsp3) is 0.543. The molecule has 13 N–H and O–H groups in total. The average Bonchev–Trinajstić information content (AvgIpc) is 3.24. The van der Waals surface area contributed by atoms with Crippen LogP contribution in [0.3, 0.4) is 0 Å². The summed E-state index contributed by atoms with van der Waals surface area (Å²) in [4.78, 5) is 112. The minimum absolute atomic E-state index is 0.0262. The first kappa shape index (κ1) is 54.8. The van der Waals surface area contributed by atoms with Crippen LogP contribution in [0.2, 0.25) is 0 Å². The molecule has 0 fully saturated rings. The van der Waals surface area contributed by atoms with Gasteiger partial charge in [0.05, 0.1) is 18.9 Å². The van der Waals surface area contributed by atoms with Crippen molar-refractivity contribution in [1.29, 1.82) is 0 Å². The van der Waals surface area contributed by atoms with Gasteiger partial charge in [-0.1, -0.05) is 125 Å². The minimum atomic E-state index is -1.50. The van der Waals surface area contributed by atoms with E-state index in [-0.39, 0.29) is 25.7 Å². The van der Waals surface area contributed by atoms with Gasteiger partial charge in [-0.2, -0.15) is 0 Å². The number of amides is 8. The first-order valence-electron chi connectivity index (χ1n) is 22.3. The number of hydrogen-bond donors (Lipinski definition) is 10. The largest absolute Gasteiger partial charge is 0.480 e. The Morgan fingerprint density at radius 1 is 0.477 bits per heavy atom. The summed E-state index contributed by atoms with van der Waals surface area (Å²) in [5.74, 6) is -7.31. The molecule has 2 aromatic carbocycles. The summed E-state index contributed by atoms with van der Waals surface area (Å²) in [7, 11) is 0. The van der Waals surface area contributed by atoms with Crippen molar-refractivity contribution in [3.8, 4) is 0 Å². The van der Waals surface area contributed by atoms with E-state index in [2.05, 4.69) is 26.6 Å². The summed E-state index contributed by atoms with van der Waals surface area (Å²) in [6.07, 6.45) is 8.63. The van der Waals surface area contributed by atoms with Gasteiger partial charge in [-0.15, -0.1) is 0 Å². The summed E-state index contributed by atoms with van der Waals surface area (Å²) in [6, 6.07) is 10.9. The predicted molar refractivity (Wildman–Crippen MR) is 241 cm³/mol. The maximum absolute atomic E-state index is 13.1. The van der Waals surface area contributed by atoms with Gasteiger partial charge in [0.15, 0.2) is 0 Å². The normalized spacial score (nSPS) is 13.7. The van der Waals surface area contributed by atoms with Gasteiger partial charge in [-0.05, 0) is 30.9 Å². The van der Waals surface area contributed by atoms with E-state index in [0.29, 0.717) is 24.0 Å². The van der Waals surface area contributed by atoms with Crippen molar-refractivity contribution < 1.29 is 53.4 Å². The van der Waals surface area contributed by atoms with E-state index >= 15 is 0 Å². The third-order valence-electron chi connectivity index (χ3n) is 10.6. The van der Waals surface area contributed by atoms with E-state index in [1.54, 1.807) is 60.7 Å². The van der Waals surface area contributed by atoms with E-state index in [1.807, 2.05) is 0 Å². The maximum atomic E-state index is 13.1. The Balaban J connectivity index is 1.62. The molecule has 0 spiro atoms. The monoisotopic (exact) mass is 909 g/mol. The number of unbranched alkanes of at least 4 members (excludes halogenated alkanes) is 11. The van der Waals surface area contributed by atoms with Gasteiger partial charge in [-0.25, -0.2) is 4.79 Å². The van der Waals surface area contributed by atoms with Gasteiger partial charge in [0, 0.05) is 25.7 Å². The number of aliphatic hydroxyl groups is 1. The summed E-state index contributed by atoms with van der Waals surface area (Å²) in [6.45, 7) is 1.30. The van der Waals surface area contributed by atoms with Gasteiger partial charge in [0.25, 0.3) is 0 Å². The van der Waals surface area contributed by atoms with Crippen molar-refractivity contribution in [2.75, 3.05) is 0 Å². The first-order chi connectivity index (χ1) is 31.0. The first-order valence-corrected chi connectivity index (χ1v) is 22.3. The number of aliphatic hydroxyl groups excluding tert-OH is 1. The quantitative estimate of drug-likeness (QED) is 0.0443. The van der Waals surface area contributed by atoms with Gasteiger partial charge in [-0.3, -0.25) is 38.4 Å². The number of carboxylic acid groups (broad SMARTS) is 1. The molecule has 0 aliphatic carbocycles. The molecule has 8 amide bonds. The highest BCUT2D eigenvalue weighted by molar-refractivity contribution is 5.96. The topological polar surface area (TPSA) is 332 Å². The molecule has 6 atom stereocenters. The zero-order valence-electron chi connectivity index (χ0n) is 37.3. The van der Waals surface area contributed by atoms with E-state index in [0.717, 1.165) is 64.2 Å². The van der Waals surface area contributed by atoms with E-state index in [9.17, 15) is 53.4 Å². The Labute approximate surface area is 380 Å². The maximum Gasteiger partial charge on any atom is 0.326 e. The SMILES string of the molecule is C[C@H](O)[C@H](NC(=O)CCCCCCCCCCCCCCC(=O)N[C@@H](CC(N)=O)C(=O)N[C@@H](Cc1ccccc1)C(=O)O)C(=O)N[C@@H](CC(N)=O)C(=O)N[C@@H](Cc1ccccc1)C(N)=O. The second kappa shape index (κ2) is 30.7. The van der Waals surface area contributed by atoms with Crippen LogP contribution in [0.4, 0.5) is 0 Å². The molecule has 0 saturated carbocycles. The number of carbonyl (C=O) groups excluding carboxylic acids is 8. The van der Waals surface area contributed by atoms with Crippen molar-refractivity contribution in [2.24, 2.45) is 17.2 Å². The number of benzene rings is 2. The van der Waals surface area contributed by atoms with Crippen LogP contribution in [0, 0.1) is 0 Å². The molecule has 0 unspecified atom stereocenters. The molecule has 0 radical (unpaired) electrons. The fourth-order valence-electron chi connectivity index (χ4n) is 7.01. The molecule has 0 bridgehead atoms. The van der Waals surface area contributed by atoms with Gasteiger partial charge in [0.1, 0.15) is 30.2 Å². The van der Waals surface area contributed by atoms with Gasteiger partial charge < -0.3 is 54.0 Å². The summed E-state index contributed by atoms with van der Waals surface area (Å²) < 4.78 is 0. The van der Waals surface area contributed by atoms with Crippen LogP contribution >= 0.6 is 0 Å². The standard InChI is InChI=1S/C46H68N8O11/c1-30(55)41(45(63)52-35(29-38(48)57)44(62)51-33(42(49)60)26-31-20-14-12-15-21-31)54-40(59)25-19-11-9-7-5-3-2-4-6-8-10-18-24-39(58)50-34(28-37(47)56)43(61)53-36(46(64)65)27-32-22-16-13-17-23-32/h12-17,20-23,30,33-36,41,55H,2-11,18-19,24-29H2,1H3,(H2,47,56)(H2,48,57)(H2,49,60)(H,50,58)(H,51,62)(H,52,63)(H,53,61)(H,54,59)(H,64,65)/t30-,33-,34-,35-,36-,41-/m0/s1. The van der Waals surface area contributed by atoms with Gasteiger partial charge >= 0.3 is 5.97 Å². The van der Waals surface area contributed by atoms with Crippen LogP contribution in [-0.2, 0) is 56.0 Å². The third kappa shape index (κ3) is 23.8. The van der Waals surface area contributed by atoms with Crippen LogP contribution in [0.15, 0.2) is 60.7 Å². The smallest absolute Gasteiger partial charge is 0.326 e. The van der Waals surface area contributed by atoms with Crippen molar-refractivity contribution >= 4 is 53.2 Å². The number of rotatable bonds is 34. The highest BCUT2D eigenvalue weighted by Crippen LogP contribution is 2.14. The Morgan fingerprint density at radius 3 is 1.22 bits per heavy atom. The van der Waals surface area contributed by atoms with Crippen LogP contribution in [0.25, 0.3) is 0 Å². The molecule has 2 rings (SSSR count). The molecule has 0 aromatic heterocycles. The van der Waals surface area contributed by atoms with E-state index in [1.165, 1.54) is 6.92 Å². The lowest BCUT2D eigenvalue weighted by Crippen LogP contribution is -2.59. The Hall–Kier alpha value is -6.37. The molecule has 0 heterocycles. The van der Waals surface area contributed by atoms with Crippen molar-refractivity contribution in [3.63, 3.8) is 0 Å². The number of hydrogen-bond acceptors (Lipinski definition) is 10. The summed E-state index contributed by atoms with van der Waals surface area (Å²) in [5.41, 5.74) is 17.5. The van der Waals surface area contributed by atoms with Gasteiger partial charge in [0.2, 0.25) is 47.3 Å². The molecular formula is C46H68N8O11. The second-order valence-corrected chi connectivity index (χ2v) is 16.3. The molecular weight excluding hydrogens is 841 g/mol. The molecule has 358 valence electrons. The highest BCUT2D eigenvalue weighted by Gasteiger charge is 2.32. The number of nitrogens with two attached hydrogens (primary N) is 3. The molecule has 0 aliphatic rings. The lowest BCUT2D eigenvalue weighted by Gasteiger charge is -2.25. The van der Waals surface area contributed by atoms with Crippen molar-refractivity contribution in [2.45, 2.75) is 159 Å². The molecule has 65 heavy (non-hydrogen) atoms. The lowest BCUT2D eigenvalue weighted by molar-refractivity contribution is -0.142. The van der Waals surface area contributed by atoms with Crippen LogP contribution in [0.1, 0.15) is 121 Å². The molecule has 19 nitrogen and oxygen atoms in total.